The minimum Gasteiger partial charge on any atom is -0.357 e. The normalized spacial score (nSPS) is 15.2. The molecule has 1 aliphatic rings. The van der Waals surface area contributed by atoms with E-state index in [1.54, 1.807) is 24.5 Å². The lowest BCUT2D eigenvalue weighted by Gasteiger charge is -2.21. The maximum atomic E-state index is 12.3. The van der Waals surface area contributed by atoms with Gasteiger partial charge in [-0.15, -0.1) is 0 Å². The van der Waals surface area contributed by atoms with Crippen LogP contribution in [0.3, 0.4) is 0 Å². The lowest BCUT2D eigenvalue weighted by Crippen LogP contribution is -2.25. The van der Waals surface area contributed by atoms with Gasteiger partial charge in [-0.25, -0.2) is 9.97 Å². The van der Waals surface area contributed by atoms with Gasteiger partial charge >= 0.3 is 0 Å². The number of anilines is 2. The van der Waals surface area contributed by atoms with Crippen molar-refractivity contribution in [2.24, 2.45) is 0 Å². The molecule has 5 nitrogen and oxygen atoms in total. The van der Waals surface area contributed by atoms with Gasteiger partial charge in [0, 0.05) is 31.0 Å². The Morgan fingerprint density at radius 2 is 1.82 bits per heavy atom. The first-order valence-electron chi connectivity index (χ1n) is 7.76. The number of pyridine rings is 2. The van der Waals surface area contributed by atoms with Crippen LogP contribution in [0.4, 0.5) is 11.6 Å². The van der Waals surface area contributed by atoms with Gasteiger partial charge in [0.15, 0.2) is 0 Å². The molecule has 2 aromatic rings. The molecule has 22 heavy (non-hydrogen) atoms. The second-order valence-corrected chi connectivity index (χ2v) is 5.47. The largest absolute Gasteiger partial charge is 0.357 e. The van der Waals surface area contributed by atoms with Crippen molar-refractivity contribution in [2.75, 3.05) is 23.3 Å². The minimum atomic E-state index is -0.155. The van der Waals surface area contributed by atoms with Crippen molar-refractivity contribution >= 4 is 17.5 Å². The summed E-state index contributed by atoms with van der Waals surface area (Å²) in [5.74, 6) is 1.29. The number of rotatable bonds is 3. The molecule has 0 unspecified atom stereocenters. The summed E-state index contributed by atoms with van der Waals surface area (Å²) in [6.45, 7) is 2.02. The molecular weight excluding hydrogens is 276 g/mol. The van der Waals surface area contributed by atoms with E-state index in [9.17, 15) is 4.79 Å². The molecule has 5 heteroatoms. The molecule has 2 aromatic heterocycles. The molecule has 1 fully saturated rings. The van der Waals surface area contributed by atoms with Gasteiger partial charge in [-0.1, -0.05) is 18.9 Å². The third-order valence-electron chi connectivity index (χ3n) is 3.84. The molecule has 1 amide bonds. The molecule has 1 N–H and O–H groups in total. The Morgan fingerprint density at radius 1 is 1.00 bits per heavy atom. The van der Waals surface area contributed by atoms with Crippen LogP contribution in [-0.4, -0.2) is 29.0 Å². The number of nitrogens with one attached hydrogen (secondary N) is 1. The number of amides is 1. The molecule has 0 atom stereocenters. The number of hydrogen-bond acceptors (Lipinski definition) is 4. The first kappa shape index (κ1) is 14.5. The fourth-order valence-electron chi connectivity index (χ4n) is 2.66. The maximum absolute atomic E-state index is 12.3. The Morgan fingerprint density at radius 3 is 2.55 bits per heavy atom. The molecule has 1 saturated heterocycles. The zero-order valence-corrected chi connectivity index (χ0v) is 12.5. The van der Waals surface area contributed by atoms with Crippen LogP contribution in [0.5, 0.6) is 0 Å². The third kappa shape index (κ3) is 3.61. The Labute approximate surface area is 130 Å². The van der Waals surface area contributed by atoms with E-state index in [-0.39, 0.29) is 5.91 Å². The van der Waals surface area contributed by atoms with E-state index in [0.717, 1.165) is 18.9 Å². The highest BCUT2D eigenvalue weighted by Crippen LogP contribution is 2.18. The Hall–Kier alpha value is -2.43. The van der Waals surface area contributed by atoms with Gasteiger partial charge in [0.05, 0.1) is 0 Å². The van der Waals surface area contributed by atoms with Crippen molar-refractivity contribution in [1.29, 1.82) is 0 Å². The van der Waals surface area contributed by atoms with Gasteiger partial charge in [0.25, 0.3) is 5.91 Å². The van der Waals surface area contributed by atoms with Gasteiger partial charge in [-0.2, -0.15) is 0 Å². The predicted octanol–water partition coefficient (Wildman–Crippen LogP) is 3.11. The van der Waals surface area contributed by atoms with Gasteiger partial charge in [-0.05, 0) is 37.1 Å². The molecule has 0 bridgehead atoms. The minimum absolute atomic E-state index is 0.155. The average molecular weight is 296 g/mol. The van der Waals surface area contributed by atoms with Crippen LogP contribution in [0.25, 0.3) is 0 Å². The van der Waals surface area contributed by atoms with Crippen LogP contribution in [0.2, 0.25) is 0 Å². The molecule has 0 saturated carbocycles. The van der Waals surface area contributed by atoms with E-state index >= 15 is 0 Å². The van der Waals surface area contributed by atoms with Gasteiger partial charge in [0.1, 0.15) is 11.6 Å². The van der Waals surface area contributed by atoms with Crippen LogP contribution in [0, 0.1) is 0 Å². The zero-order valence-electron chi connectivity index (χ0n) is 12.5. The Kier molecular flexibility index (Phi) is 4.63. The van der Waals surface area contributed by atoms with Crippen molar-refractivity contribution in [3.05, 3.63) is 48.3 Å². The van der Waals surface area contributed by atoms with Crippen molar-refractivity contribution in [3.8, 4) is 0 Å². The monoisotopic (exact) mass is 296 g/mol. The van der Waals surface area contributed by atoms with Crippen LogP contribution in [-0.2, 0) is 0 Å². The summed E-state index contributed by atoms with van der Waals surface area (Å²) in [7, 11) is 0. The molecule has 0 spiro atoms. The second kappa shape index (κ2) is 7.02. The number of hydrogen-bond donors (Lipinski definition) is 1. The van der Waals surface area contributed by atoms with E-state index in [2.05, 4.69) is 20.2 Å². The van der Waals surface area contributed by atoms with E-state index in [1.807, 2.05) is 18.2 Å². The van der Waals surface area contributed by atoms with Gasteiger partial charge < -0.3 is 10.2 Å². The fraction of sp³-hybridized carbons (Fsp3) is 0.353. The molecule has 114 valence electrons. The first-order valence-corrected chi connectivity index (χ1v) is 7.76. The molecule has 0 aliphatic carbocycles. The summed E-state index contributed by atoms with van der Waals surface area (Å²) in [6, 6.07) is 9.04. The number of carbonyl (C=O) groups is 1. The van der Waals surface area contributed by atoms with Gasteiger partial charge in [0.2, 0.25) is 0 Å². The summed E-state index contributed by atoms with van der Waals surface area (Å²) in [6.07, 6.45) is 8.28. The van der Waals surface area contributed by atoms with E-state index < -0.39 is 0 Å². The van der Waals surface area contributed by atoms with Crippen molar-refractivity contribution in [2.45, 2.75) is 25.7 Å². The third-order valence-corrected chi connectivity index (χ3v) is 3.84. The smallest absolute Gasteiger partial charge is 0.257 e. The first-order chi connectivity index (χ1) is 10.8. The standard InChI is InChI=1S/C17H20N4O/c22-17(20-15-7-3-4-9-18-15)14-8-10-19-16(13-14)21-11-5-1-2-6-12-21/h3-4,7-10,13H,1-2,5-6,11-12H2,(H,18,20,22). The highest BCUT2D eigenvalue weighted by molar-refractivity contribution is 6.04. The second-order valence-electron chi connectivity index (χ2n) is 5.47. The van der Waals surface area contributed by atoms with Crippen LogP contribution in [0.15, 0.2) is 42.7 Å². The molecule has 1 aliphatic heterocycles. The number of carbonyl (C=O) groups excluding carboxylic acids is 1. The summed E-state index contributed by atoms with van der Waals surface area (Å²) in [4.78, 5) is 23.1. The summed E-state index contributed by atoms with van der Waals surface area (Å²) in [5, 5.41) is 2.80. The van der Waals surface area contributed by atoms with E-state index in [0.29, 0.717) is 11.4 Å². The van der Waals surface area contributed by atoms with Crippen LogP contribution in [0.1, 0.15) is 36.0 Å². The molecule has 3 rings (SSSR count). The van der Waals surface area contributed by atoms with Crippen LogP contribution >= 0.6 is 0 Å². The van der Waals surface area contributed by atoms with Crippen molar-refractivity contribution in [3.63, 3.8) is 0 Å². The van der Waals surface area contributed by atoms with Crippen molar-refractivity contribution < 1.29 is 4.79 Å². The Balaban J connectivity index is 1.74. The lowest BCUT2D eigenvalue weighted by molar-refractivity contribution is 0.102. The summed E-state index contributed by atoms with van der Waals surface area (Å²) in [5.41, 5.74) is 0.611. The highest BCUT2D eigenvalue weighted by Gasteiger charge is 2.13. The molecule has 0 aromatic carbocycles. The topological polar surface area (TPSA) is 58.1 Å². The average Bonchev–Trinajstić information content (AvgIpc) is 2.85. The maximum Gasteiger partial charge on any atom is 0.257 e. The van der Waals surface area contributed by atoms with Crippen molar-refractivity contribution in [1.82, 2.24) is 9.97 Å². The number of nitrogens with zero attached hydrogens (tertiary/aromatic N) is 3. The Bertz CT molecular complexity index is 622. The molecular formula is C17H20N4O. The van der Waals surface area contributed by atoms with Gasteiger partial charge in [-0.3, -0.25) is 4.79 Å². The van der Waals surface area contributed by atoms with Crippen LogP contribution < -0.4 is 10.2 Å². The van der Waals surface area contributed by atoms with E-state index in [4.69, 9.17) is 0 Å². The summed E-state index contributed by atoms with van der Waals surface area (Å²) >= 11 is 0. The summed E-state index contributed by atoms with van der Waals surface area (Å²) < 4.78 is 0. The SMILES string of the molecule is O=C(Nc1ccccn1)c1ccnc(N2CCCCCC2)c1. The van der Waals surface area contributed by atoms with E-state index in [1.165, 1.54) is 25.7 Å². The molecule has 0 radical (unpaired) electrons. The number of aromatic nitrogens is 2. The predicted molar refractivity (Wildman–Crippen MR) is 87.1 cm³/mol. The molecule has 3 heterocycles. The lowest BCUT2D eigenvalue weighted by atomic mass is 10.2. The highest BCUT2D eigenvalue weighted by atomic mass is 16.1. The fourth-order valence-corrected chi connectivity index (χ4v) is 2.66. The zero-order chi connectivity index (χ0) is 15.2. The quantitative estimate of drug-likeness (QED) is 0.945.